The first kappa shape index (κ1) is 82.6. The predicted molar refractivity (Wildman–Crippen MR) is 399 cm³/mol. The maximum atomic E-state index is 14.0. The normalized spacial score (nSPS) is 12.1. The number of carbonyl (C=O) groups is 5. The number of hydrogen-bond acceptors (Lipinski definition) is 13. The number of carboxylic acid groups (broad SMARTS) is 2. The molecule has 0 spiro atoms. The number of ether oxygens (including phenoxy) is 1. The van der Waals surface area contributed by atoms with E-state index < -0.39 is 64.6 Å². The molecule has 2 atom stereocenters. The summed E-state index contributed by atoms with van der Waals surface area (Å²) in [5, 5.41) is 29.7. The second-order valence-electron chi connectivity index (χ2n) is 22.7. The second kappa shape index (κ2) is 35.8. The molecule has 2 unspecified atom stereocenters. The lowest BCUT2D eigenvalue weighted by Crippen LogP contribution is -2.23. The van der Waals surface area contributed by atoms with Crippen molar-refractivity contribution in [2.24, 2.45) is 21.1 Å². The maximum Gasteiger partial charge on any atom is 0.347 e. The molecule has 10 aromatic rings. The van der Waals surface area contributed by atoms with Crippen LogP contribution in [0.25, 0.3) is 54.3 Å². The van der Waals surface area contributed by atoms with Gasteiger partial charge in [0.15, 0.2) is 11.3 Å². The Morgan fingerprint density at radius 1 is 0.490 bits per heavy atom. The maximum absolute atomic E-state index is 14.0. The van der Waals surface area contributed by atoms with Crippen LogP contribution in [0.3, 0.4) is 0 Å². The SMILES string of the molecule is C.C.C.CCOC(=O)c1ccc2c(c1)c(CP(=O)(OCC)OCC)cn2C.CCOP(=O)(OCC)C(C(=O)Nc1ccc2ccccc2c1)c1cn(C)c2ccc(C(=O)O)cc12.C[Si](C)(C)Br.Cn1cc(C(C(=O)Nc2ccc3ccccc3c2)P(=O)(O)O)c2cc(C(=O)O)ccc21. The number of hydrogen-bond donors (Lipinski definition) is 6. The second-order valence-corrected chi connectivity index (χ2v) is 39.9. The van der Waals surface area contributed by atoms with E-state index in [0.717, 1.165) is 38.0 Å². The minimum Gasteiger partial charge on any atom is -0.478 e. The van der Waals surface area contributed by atoms with Gasteiger partial charge in [-0.3, -0.25) is 23.3 Å². The van der Waals surface area contributed by atoms with Crippen molar-refractivity contribution in [1.82, 2.24) is 13.7 Å². The summed E-state index contributed by atoms with van der Waals surface area (Å²) in [5.74, 6) is -4.09. The van der Waals surface area contributed by atoms with Gasteiger partial charge in [-0.1, -0.05) is 103 Å². The number of benzene rings is 7. The number of aromatic carboxylic acids is 2. The third kappa shape index (κ3) is 20.9. The topological polar surface area (TPSA) is 302 Å². The Morgan fingerprint density at radius 2 is 0.857 bits per heavy atom. The van der Waals surface area contributed by atoms with Gasteiger partial charge in [-0.2, -0.15) is 0 Å². The lowest BCUT2D eigenvalue weighted by Gasteiger charge is -2.25. The van der Waals surface area contributed by atoms with Gasteiger partial charge in [0.1, 0.15) is 6.69 Å². The molecule has 2 amide bonds. The first-order valence-electron chi connectivity index (χ1n) is 30.4. The van der Waals surface area contributed by atoms with E-state index >= 15 is 0 Å². The van der Waals surface area contributed by atoms with Gasteiger partial charge in [0.25, 0.3) is 0 Å². The van der Waals surface area contributed by atoms with Crippen LogP contribution in [0.5, 0.6) is 0 Å². The number of carboxylic acids is 2. The Kier molecular flexibility index (Phi) is 30.2. The zero-order valence-electron chi connectivity index (χ0n) is 54.6. The Morgan fingerprint density at radius 3 is 1.26 bits per heavy atom. The summed E-state index contributed by atoms with van der Waals surface area (Å²) in [6.07, 6.45) is 5.17. The number of halogens is 1. The lowest BCUT2D eigenvalue weighted by molar-refractivity contribution is -0.117. The molecule has 98 heavy (non-hydrogen) atoms. The molecule has 6 N–H and O–H groups in total. The van der Waals surface area contributed by atoms with Crippen LogP contribution >= 0.6 is 38.1 Å². The first-order chi connectivity index (χ1) is 44.9. The molecule has 7 aromatic carbocycles. The summed E-state index contributed by atoms with van der Waals surface area (Å²) >= 11 is 3.51. The van der Waals surface area contributed by atoms with E-state index in [-0.39, 0.29) is 64.3 Å². The van der Waals surface area contributed by atoms with E-state index in [2.05, 4.69) is 45.6 Å². The van der Waals surface area contributed by atoms with Gasteiger partial charge in [-0.05, 0) is 141 Å². The largest absolute Gasteiger partial charge is 0.478 e. The first-order valence-corrected chi connectivity index (χ1v) is 41.1. The van der Waals surface area contributed by atoms with Gasteiger partial charge in [-0.15, -0.1) is 15.3 Å². The highest BCUT2D eigenvalue weighted by atomic mass is 79.9. The van der Waals surface area contributed by atoms with Crippen LogP contribution in [0.15, 0.2) is 158 Å². The summed E-state index contributed by atoms with van der Waals surface area (Å²) in [6.45, 7) is 15.7. The molecule has 22 nitrogen and oxygen atoms in total. The molecule has 3 aromatic heterocycles. The third-order valence-corrected chi connectivity index (χ3v) is 20.1. The van der Waals surface area contributed by atoms with Crippen molar-refractivity contribution in [3.05, 3.63) is 191 Å². The minimum absolute atomic E-state index is 0. The van der Waals surface area contributed by atoms with E-state index in [4.69, 9.17) is 22.8 Å². The van der Waals surface area contributed by atoms with E-state index in [1.54, 1.807) is 113 Å². The van der Waals surface area contributed by atoms with Crippen LogP contribution in [-0.4, -0.2) is 103 Å². The molecule has 0 saturated heterocycles. The van der Waals surface area contributed by atoms with E-state index in [9.17, 15) is 57.7 Å². The molecule has 27 heteroatoms. The van der Waals surface area contributed by atoms with Gasteiger partial charge in [-0.25, -0.2) is 14.4 Å². The van der Waals surface area contributed by atoms with Crippen molar-refractivity contribution < 1.29 is 80.5 Å². The number of rotatable bonds is 22. The smallest absolute Gasteiger partial charge is 0.347 e. The van der Waals surface area contributed by atoms with Crippen molar-refractivity contribution in [2.75, 3.05) is 43.7 Å². The number of aromatic nitrogens is 3. The van der Waals surface area contributed by atoms with E-state index in [1.165, 1.54) is 30.5 Å². The molecule has 0 radical (unpaired) electrons. The number of aryl methyl sites for hydroxylation is 3. The average molecular weight is 1490 g/mol. The van der Waals surface area contributed by atoms with Crippen molar-refractivity contribution in [3.8, 4) is 0 Å². The van der Waals surface area contributed by atoms with Crippen molar-refractivity contribution >= 4 is 140 Å². The lowest BCUT2D eigenvalue weighted by atomic mass is 10.1. The van der Waals surface area contributed by atoms with Gasteiger partial charge in [0.2, 0.25) is 11.8 Å². The van der Waals surface area contributed by atoms with Crippen LogP contribution in [0.4, 0.5) is 11.4 Å². The molecular formula is C71H91BrN5O17P3Si. The van der Waals surface area contributed by atoms with E-state index in [0.29, 0.717) is 64.1 Å². The van der Waals surface area contributed by atoms with E-state index in [1.807, 2.05) is 84.5 Å². The number of esters is 1. The van der Waals surface area contributed by atoms with Crippen molar-refractivity contribution in [2.45, 2.75) is 94.0 Å². The molecule has 3 heterocycles. The summed E-state index contributed by atoms with van der Waals surface area (Å²) in [4.78, 5) is 81.8. The van der Waals surface area contributed by atoms with Gasteiger partial charge < -0.3 is 67.2 Å². The van der Waals surface area contributed by atoms with Crippen molar-refractivity contribution in [1.29, 1.82) is 0 Å². The number of nitrogens with one attached hydrogen (secondary N) is 2. The zero-order valence-corrected chi connectivity index (χ0v) is 59.8. The highest BCUT2D eigenvalue weighted by molar-refractivity contribution is 9.26. The number of anilines is 2. The summed E-state index contributed by atoms with van der Waals surface area (Å²) in [7, 11) is -6.81. The number of carbonyl (C=O) groups excluding carboxylic acids is 3. The average Bonchev–Trinajstić information content (AvgIpc) is 1.59. The molecule has 0 fully saturated rings. The summed E-state index contributed by atoms with van der Waals surface area (Å²) in [6, 6.07) is 40.2. The zero-order chi connectivity index (χ0) is 69.7. The Balaban J connectivity index is 0.000000301. The van der Waals surface area contributed by atoms with Crippen LogP contribution < -0.4 is 10.6 Å². The molecule has 528 valence electrons. The number of fused-ring (bicyclic) bond motifs is 5. The monoisotopic (exact) mass is 1490 g/mol. The van der Waals surface area contributed by atoms with Crippen LogP contribution in [0.1, 0.15) is 116 Å². The number of nitrogens with zero attached hydrogens (tertiary/aromatic N) is 3. The van der Waals surface area contributed by atoms with Crippen molar-refractivity contribution in [3.63, 3.8) is 0 Å². The Labute approximate surface area is 581 Å². The fourth-order valence-corrected chi connectivity index (χ4v) is 15.3. The number of amides is 2. The fraction of sp³-hybridized carbons (Fsp3) is 0.310. The van der Waals surface area contributed by atoms with Gasteiger partial charge >= 0.3 is 40.7 Å². The van der Waals surface area contributed by atoms with Crippen LogP contribution in [-0.2, 0) is 73.4 Å². The van der Waals surface area contributed by atoms with Gasteiger partial charge in [0, 0.05) is 94.9 Å². The van der Waals surface area contributed by atoms with Gasteiger partial charge in [0.05, 0.1) is 55.9 Å². The molecule has 0 aliphatic rings. The van der Waals surface area contributed by atoms with Crippen LogP contribution in [0, 0.1) is 0 Å². The summed E-state index contributed by atoms with van der Waals surface area (Å²) in [5.41, 5.74) is 1.74. The highest BCUT2D eigenvalue weighted by Gasteiger charge is 2.44. The Hall–Kier alpha value is -7.82. The molecule has 0 saturated carbocycles. The summed E-state index contributed by atoms with van der Waals surface area (Å²) < 4.78 is 71.5. The quantitative estimate of drug-likeness (QED) is 0.0159. The molecule has 10 rings (SSSR count). The van der Waals surface area contributed by atoms with Crippen LogP contribution in [0.2, 0.25) is 19.6 Å². The molecule has 0 aliphatic carbocycles. The molecular weight excluding hydrogens is 1400 g/mol. The third-order valence-electron chi connectivity index (χ3n) is 14.5. The minimum atomic E-state index is -4.94. The standard InChI is InChI=1S/C26H27N2O6P.C22H19N2O6P.C17H24NO5P.C3H9BrSi.3CH4/c1-4-33-35(32,34-5-2)24(22-16-28(3)23-13-11-19(26(30)31)15-21(22)23)25(29)27-20-12-10-17-8-6-7-9-18(17)14-20;1-24-12-18(17-11-15(22(26)27)7-9-19(17)24)20(31(28,29)30)21(25)23-16-8-6-13-4-2-3-5-14(13)10-16;1-5-21-17(19)13-8-9-16-15(10-13)14(11-18(16)4)12-24(20,22-6-2)23-7-3;1-5(2,3)4;;;/h6-16,24H,4-5H2,1-3H3,(H,27,29)(H,30,31);2-12,20H,1H3,(H,23,25)(H,26,27)(H2,28,29,30);8-11H,5-7,12H2,1-4H3;1-3H3;3*1H4. The molecule has 0 bridgehead atoms. The molecule has 0 aliphatic heterocycles. The predicted octanol–water partition coefficient (Wildman–Crippen LogP) is 18.1. The fourth-order valence-electron chi connectivity index (χ4n) is 10.7. The Bertz CT molecular complexity index is 4590. The highest BCUT2D eigenvalue weighted by Crippen LogP contribution is 2.62.